The van der Waals surface area contributed by atoms with Crippen LogP contribution in [0.25, 0.3) is 0 Å². The number of nitrogens with one attached hydrogen (secondary N) is 1. The van der Waals surface area contributed by atoms with E-state index < -0.39 is 0 Å². The largest absolute Gasteiger partial charge is 0.381 e. The standard InChI is InChI=1S/C8H14N4/c1-12-8-3-2-6(9)4-10-7(8)5-11-12/h5-6,10H,2-4,9H2,1H3. The molecule has 0 saturated carbocycles. The number of fused-ring (bicyclic) bond motifs is 1. The van der Waals surface area contributed by atoms with E-state index in [1.807, 2.05) is 17.9 Å². The molecule has 0 aliphatic carbocycles. The van der Waals surface area contributed by atoms with Gasteiger partial charge in [-0.1, -0.05) is 0 Å². The summed E-state index contributed by atoms with van der Waals surface area (Å²) < 4.78 is 1.92. The van der Waals surface area contributed by atoms with Crippen LogP contribution in [0.1, 0.15) is 12.1 Å². The molecule has 0 bridgehead atoms. The third-order valence-corrected chi connectivity index (χ3v) is 2.37. The molecule has 0 amide bonds. The van der Waals surface area contributed by atoms with E-state index in [0.717, 1.165) is 25.1 Å². The van der Waals surface area contributed by atoms with Gasteiger partial charge >= 0.3 is 0 Å². The van der Waals surface area contributed by atoms with Gasteiger partial charge in [0, 0.05) is 19.6 Å². The molecule has 0 aromatic carbocycles. The second kappa shape index (κ2) is 2.79. The number of nitrogens with two attached hydrogens (primary N) is 1. The number of hydrogen-bond acceptors (Lipinski definition) is 3. The first-order valence-corrected chi connectivity index (χ1v) is 4.27. The molecule has 1 aliphatic rings. The summed E-state index contributed by atoms with van der Waals surface area (Å²) in [5.41, 5.74) is 8.24. The summed E-state index contributed by atoms with van der Waals surface area (Å²) in [4.78, 5) is 0. The Balaban J connectivity index is 2.28. The zero-order chi connectivity index (χ0) is 8.55. The zero-order valence-corrected chi connectivity index (χ0v) is 7.25. The van der Waals surface area contributed by atoms with Crippen LogP contribution in [0.3, 0.4) is 0 Å². The molecule has 1 aliphatic heterocycles. The molecular formula is C8H14N4. The van der Waals surface area contributed by atoms with Gasteiger partial charge in [-0.05, 0) is 12.8 Å². The Bertz CT molecular complexity index is 279. The lowest BCUT2D eigenvalue weighted by Crippen LogP contribution is -2.27. The fraction of sp³-hybridized carbons (Fsp3) is 0.625. The van der Waals surface area contributed by atoms with Crippen LogP contribution in [-0.2, 0) is 13.5 Å². The smallest absolute Gasteiger partial charge is 0.0759 e. The van der Waals surface area contributed by atoms with Crippen molar-refractivity contribution in [3.05, 3.63) is 11.9 Å². The third kappa shape index (κ3) is 1.18. The quantitative estimate of drug-likeness (QED) is 0.575. The first kappa shape index (κ1) is 7.61. The topological polar surface area (TPSA) is 55.9 Å². The Morgan fingerprint density at radius 3 is 3.42 bits per heavy atom. The first-order valence-electron chi connectivity index (χ1n) is 4.27. The predicted octanol–water partition coefficient (Wildman–Crippen LogP) is 0.106. The summed E-state index contributed by atoms with van der Waals surface area (Å²) in [6.07, 6.45) is 3.94. The van der Waals surface area contributed by atoms with Crippen LogP contribution in [0.4, 0.5) is 5.69 Å². The minimum absolute atomic E-state index is 0.275. The lowest BCUT2D eigenvalue weighted by molar-refractivity contribution is 0.620. The van der Waals surface area contributed by atoms with Crippen molar-refractivity contribution in [1.29, 1.82) is 0 Å². The van der Waals surface area contributed by atoms with Gasteiger partial charge in [0.2, 0.25) is 0 Å². The van der Waals surface area contributed by atoms with Crippen molar-refractivity contribution in [3.63, 3.8) is 0 Å². The van der Waals surface area contributed by atoms with Crippen LogP contribution in [0, 0.1) is 0 Å². The molecule has 66 valence electrons. The maximum atomic E-state index is 5.83. The first-order chi connectivity index (χ1) is 5.77. The van der Waals surface area contributed by atoms with Crippen molar-refractivity contribution >= 4 is 5.69 Å². The summed E-state index contributed by atoms with van der Waals surface area (Å²) in [5, 5.41) is 7.47. The van der Waals surface area contributed by atoms with Crippen molar-refractivity contribution < 1.29 is 0 Å². The van der Waals surface area contributed by atoms with Gasteiger partial charge in [0.05, 0.1) is 17.6 Å². The molecule has 0 radical (unpaired) electrons. The van der Waals surface area contributed by atoms with Crippen LogP contribution < -0.4 is 11.1 Å². The highest BCUT2D eigenvalue weighted by molar-refractivity contribution is 5.47. The maximum Gasteiger partial charge on any atom is 0.0759 e. The van der Waals surface area contributed by atoms with Crippen LogP contribution >= 0.6 is 0 Å². The maximum absolute atomic E-state index is 5.83. The van der Waals surface area contributed by atoms with Gasteiger partial charge in [0.15, 0.2) is 0 Å². The van der Waals surface area contributed by atoms with Crippen LogP contribution in [0.15, 0.2) is 6.20 Å². The van der Waals surface area contributed by atoms with E-state index in [1.165, 1.54) is 5.69 Å². The normalized spacial score (nSPS) is 22.7. The van der Waals surface area contributed by atoms with E-state index in [0.29, 0.717) is 0 Å². The minimum atomic E-state index is 0.275. The van der Waals surface area contributed by atoms with Gasteiger partial charge in [0.25, 0.3) is 0 Å². The number of aryl methyl sites for hydroxylation is 1. The van der Waals surface area contributed by atoms with Crippen molar-refractivity contribution in [1.82, 2.24) is 9.78 Å². The molecule has 0 fully saturated rings. The zero-order valence-electron chi connectivity index (χ0n) is 7.25. The SMILES string of the molecule is Cn1ncc2c1CCC(N)CN2. The molecule has 1 atom stereocenters. The Kier molecular flexibility index (Phi) is 1.77. The highest BCUT2D eigenvalue weighted by Gasteiger charge is 2.14. The summed E-state index contributed by atoms with van der Waals surface area (Å²) in [6.45, 7) is 0.860. The fourth-order valence-electron chi connectivity index (χ4n) is 1.57. The van der Waals surface area contributed by atoms with Gasteiger partial charge in [-0.3, -0.25) is 4.68 Å². The summed E-state index contributed by atoms with van der Waals surface area (Å²) in [6, 6.07) is 0.275. The fourth-order valence-corrected chi connectivity index (χ4v) is 1.57. The number of aromatic nitrogens is 2. The molecule has 1 unspecified atom stereocenters. The Labute approximate surface area is 71.7 Å². The molecule has 2 heterocycles. The van der Waals surface area contributed by atoms with E-state index in [2.05, 4.69) is 10.4 Å². The highest BCUT2D eigenvalue weighted by Crippen LogP contribution is 2.19. The van der Waals surface area contributed by atoms with Crippen molar-refractivity contribution in [3.8, 4) is 0 Å². The number of rotatable bonds is 0. The molecule has 4 heteroatoms. The van der Waals surface area contributed by atoms with Crippen molar-refractivity contribution in [2.24, 2.45) is 12.8 Å². The van der Waals surface area contributed by atoms with E-state index in [4.69, 9.17) is 5.73 Å². The van der Waals surface area contributed by atoms with Crippen molar-refractivity contribution in [2.75, 3.05) is 11.9 Å². The van der Waals surface area contributed by atoms with Gasteiger partial charge in [-0.25, -0.2) is 0 Å². The average Bonchev–Trinajstić information content (AvgIpc) is 2.28. The number of hydrogen-bond donors (Lipinski definition) is 2. The summed E-state index contributed by atoms with van der Waals surface area (Å²) in [7, 11) is 1.97. The van der Waals surface area contributed by atoms with Gasteiger partial charge in [-0.15, -0.1) is 0 Å². The molecule has 3 N–H and O–H groups in total. The lowest BCUT2D eigenvalue weighted by Gasteiger charge is -2.06. The molecule has 2 rings (SSSR count). The summed E-state index contributed by atoms with van der Waals surface area (Å²) >= 11 is 0. The predicted molar refractivity (Wildman–Crippen MR) is 48.0 cm³/mol. The van der Waals surface area contributed by atoms with Crippen LogP contribution in [0.5, 0.6) is 0 Å². The molecule has 1 aromatic heterocycles. The van der Waals surface area contributed by atoms with E-state index in [1.54, 1.807) is 0 Å². The number of nitrogens with zero attached hydrogens (tertiary/aromatic N) is 2. The summed E-state index contributed by atoms with van der Waals surface area (Å²) in [5.74, 6) is 0. The van der Waals surface area contributed by atoms with Gasteiger partial charge < -0.3 is 11.1 Å². The Morgan fingerprint density at radius 2 is 2.58 bits per heavy atom. The average molecular weight is 166 g/mol. The van der Waals surface area contributed by atoms with Crippen LogP contribution in [0.2, 0.25) is 0 Å². The van der Waals surface area contributed by atoms with E-state index in [-0.39, 0.29) is 6.04 Å². The molecule has 4 nitrogen and oxygen atoms in total. The highest BCUT2D eigenvalue weighted by atomic mass is 15.3. The second-order valence-corrected chi connectivity index (χ2v) is 3.31. The molecule has 1 aromatic rings. The van der Waals surface area contributed by atoms with E-state index in [9.17, 15) is 0 Å². The van der Waals surface area contributed by atoms with Gasteiger partial charge in [0.1, 0.15) is 0 Å². The Morgan fingerprint density at radius 1 is 1.75 bits per heavy atom. The Hall–Kier alpha value is -1.03. The molecule has 0 saturated heterocycles. The molecule has 12 heavy (non-hydrogen) atoms. The number of anilines is 1. The minimum Gasteiger partial charge on any atom is -0.381 e. The van der Waals surface area contributed by atoms with Gasteiger partial charge in [-0.2, -0.15) is 5.10 Å². The molecular weight excluding hydrogens is 152 g/mol. The second-order valence-electron chi connectivity index (χ2n) is 3.31. The monoisotopic (exact) mass is 166 g/mol. The third-order valence-electron chi connectivity index (χ3n) is 2.37. The van der Waals surface area contributed by atoms with Crippen molar-refractivity contribution in [2.45, 2.75) is 18.9 Å². The van der Waals surface area contributed by atoms with Crippen LogP contribution in [-0.4, -0.2) is 22.4 Å². The van der Waals surface area contributed by atoms with E-state index >= 15 is 0 Å². The lowest BCUT2D eigenvalue weighted by atomic mass is 10.1. The molecule has 0 spiro atoms.